The molecule has 0 aliphatic heterocycles. The van der Waals surface area contributed by atoms with Crippen LogP contribution in [0.15, 0.2) is 36.4 Å². The van der Waals surface area contributed by atoms with Crippen LogP contribution < -0.4 is 29.6 Å². The Balaban J connectivity index is 2.19. The highest BCUT2D eigenvalue weighted by atomic mass is 32.1. The second-order valence-corrected chi connectivity index (χ2v) is 6.59. The molecule has 176 valence electrons. The molecule has 0 aliphatic rings. The number of anilines is 2. The maximum atomic E-state index is 12.5. The molecule has 0 unspecified atom stereocenters. The van der Waals surface area contributed by atoms with Gasteiger partial charge in [0.1, 0.15) is 23.0 Å². The molecule has 2 aromatic carbocycles. The standard InChI is InChI=1S/C19H18F6N2O4S/c1-28-13-3-11(4-14(7-13)29-2)26-17(32)27-12-5-15(30-9-18(20,21)22)8-16(6-12)31-10-19(23,24)25/h3-8H,9-10H2,1-2H3,(H2,26,27,32). The van der Waals surface area contributed by atoms with Crippen molar-refractivity contribution in [2.75, 3.05) is 38.1 Å². The Hall–Kier alpha value is -3.09. The fraction of sp³-hybridized carbons (Fsp3) is 0.316. The van der Waals surface area contributed by atoms with Crippen molar-refractivity contribution in [2.45, 2.75) is 12.4 Å². The van der Waals surface area contributed by atoms with Crippen LogP contribution in [0, 0.1) is 0 Å². The van der Waals surface area contributed by atoms with E-state index in [2.05, 4.69) is 20.1 Å². The summed E-state index contributed by atoms with van der Waals surface area (Å²) in [5.41, 5.74) is 0.492. The van der Waals surface area contributed by atoms with Crippen molar-refractivity contribution in [1.82, 2.24) is 0 Å². The van der Waals surface area contributed by atoms with Gasteiger partial charge in [0.25, 0.3) is 0 Å². The molecule has 0 atom stereocenters. The van der Waals surface area contributed by atoms with Gasteiger partial charge in [0.2, 0.25) is 0 Å². The van der Waals surface area contributed by atoms with Gasteiger partial charge in [0, 0.05) is 47.8 Å². The molecule has 0 spiro atoms. The Bertz CT molecular complexity index is 879. The zero-order chi connectivity index (χ0) is 23.9. The molecule has 0 radical (unpaired) electrons. The van der Waals surface area contributed by atoms with E-state index in [1.165, 1.54) is 14.2 Å². The summed E-state index contributed by atoms with van der Waals surface area (Å²) in [5.74, 6) is 0.186. The molecule has 2 aromatic rings. The van der Waals surface area contributed by atoms with Crippen LogP contribution in [-0.2, 0) is 0 Å². The van der Waals surface area contributed by atoms with Gasteiger partial charge in [0.05, 0.1) is 14.2 Å². The van der Waals surface area contributed by atoms with Gasteiger partial charge in [0.15, 0.2) is 18.3 Å². The van der Waals surface area contributed by atoms with Crippen molar-refractivity contribution in [3.05, 3.63) is 36.4 Å². The first-order chi connectivity index (χ1) is 14.9. The second-order valence-electron chi connectivity index (χ2n) is 6.18. The Morgan fingerprint density at radius 1 is 0.688 bits per heavy atom. The highest BCUT2D eigenvalue weighted by molar-refractivity contribution is 7.80. The molecule has 0 amide bonds. The normalized spacial score (nSPS) is 11.5. The first-order valence-corrected chi connectivity index (χ1v) is 9.13. The number of hydrogen-bond donors (Lipinski definition) is 2. The highest BCUT2D eigenvalue weighted by Crippen LogP contribution is 2.30. The summed E-state index contributed by atoms with van der Waals surface area (Å²) in [6.45, 7) is -3.27. The van der Waals surface area contributed by atoms with Gasteiger partial charge < -0.3 is 29.6 Å². The van der Waals surface area contributed by atoms with E-state index in [-0.39, 0.29) is 22.3 Å². The SMILES string of the molecule is COc1cc(NC(=S)Nc2cc(OCC(F)(F)F)cc(OCC(F)(F)F)c2)cc(OC)c1. The maximum Gasteiger partial charge on any atom is 0.422 e. The third-order valence-corrected chi connectivity index (χ3v) is 3.76. The molecule has 13 heteroatoms. The highest BCUT2D eigenvalue weighted by Gasteiger charge is 2.30. The van der Waals surface area contributed by atoms with Crippen LogP contribution in [0.3, 0.4) is 0 Å². The van der Waals surface area contributed by atoms with Crippen LogP contribution in [0.1, 0.15) is 0 Å². The van der Waals surface area contributed by atoms with Gasteiger partial charge in [-0.1, -0.05) is 0 Å². The number of hydrogen-bond acceptors (Lipinski definition) is 5. The summed E-state index contributed by atoms with van der Waals surface area (Å²) in [5, 5.41) is 5.45. The van der Waals surface area contributed by atoms with Crippen molar-refractivity contribution in [3.63, 3.8) is 0 Å². The van der Waals surface area contributed by atoms with Gasteiger partial charge in [-0.2, -0.15) is 26.3 Å². The molecule has 2 N–H and O–H groups in total. The summed E-state index contributed by atoms with van der Waals surface area (Å²) < 4.78 is 94.2. The Morgan fingerprint density at radius 2 is 1.03 bits per heavy atom. The largest absolute Gasteiger partial charge is 0.497 e. The predicted molar refractivity (Wildman–Crippen MR) is 109 cm³/mol. The van der Waals surface area contributed by atoms with Crippen molar-refractivity contribution in [3.8, 4) is 23.0 Å². The van der Waals surface area contributed by atoms with E-state index in [1.807, 2.05) is 0 Å². The topological polar surface area (TPSA) is 61.0 Å². The first-order valence-electron chi connectivity index (χ1n) is 8.72. The van der Waals surface area contributed by atoms with Crippen LogP contribution >= 0.6 is 12.2 Å². The number of nitrogens with one attached hydrogen (secondary N) is 2. The number of benzene rings is 2. The van der Waals surface area contributed by atoms with E-state index in [9.17, 15) is 26.3 Å². The molecule has 32 heavy (non-hydrogen) atoms. The molecule has 2 rings (SSSR count). The summed E-state index contributed by atoms with van der Waals surface area (Å²) in [6.07, 6.45) is -9.28. The minimum Gasteiger partial charge on any atom is -0.497 e. The number of ether oxygens (including phenoxy) is 4. The summed E-state index contributed by atoms with van der Waals surface area (Å²) >= 11 is 5.17. The zero-order valence-corrected chi connectivity index (χ0v) is 17.5. The van der Waals surface area contributed by atoms with Crippen molar-refractivity contribution in [2.24, 2.45) is 0 Å². The molecule has 0 aliphatic carbocycles. The fourth-order valence-corrected chi connectivity index (χ4v) is 2.55. The molecule has 0 bridgehead atoms. The predicted octanol–water partition coefficient (Wildman–Crippen LogP) is 5.39. The van der Waals surface area contributed by atoms with E-state index in [0.29, 0.717) is 17.2 Å². The average molecular weight is 484 g/mol. The van der Waals surface area contributed by atoms with E-state index in [0.717, 1.165) is 18.2 Å². The number of methoxy groups -OCH3 is 2. The lowest BCUT2D eigenvalue weighted by atomic mass is 10.2. The third-order valence-electron chi connectivity index (χ3n) is 3.55. The number of halogens is 6. The molecule has 6 nitrogen and oxygen atoms in total. The number of thiocarbonyl (C=S) groups is 1. The summed E-state index contributed by atoms with van der Waals surface area (Å²) in [7, 11) is 2.90. The van der Waals surface area contributed by atoms with E-state index >= 15 is 0 Å². The van der Waals surface area contributed by atoms with Gasteiger partial charge in [-0.15, -0.1) is 0 Å². The molecular formula is C19H18F6N2O4S. The minimum atomic E-state index is -4.64. The Kier molecular flexibility index (Phi) is 8.25. The van der Waals surface area contributed by atoms with E-state index < -0.39 is 25.6 Å². The van der Waals surface area contributed by atoms with E-state index in [1.54, 1.807) is 18.2 Å². The second kappa shape index (κ2) is 10.5. The molecule has 0 fully saturated rings. The quantitative estimate of drug-likeness (QED) is 0.385. The molecule has 0 saturated heterocycles. The van der Waals surface area contributed by atoms with Gasteiger partial charge in [-0.3, -0.25) is 0 Å². The van der Waals surface area contributed by atoms with Crippen molar-refractivity contribution in [1.29, 1.82) is 0 Å². The van der Waals surface area contributed by atoms with Crippen LogP contribution in [0.2, 0.25) is 0 Å². The van der Waals surface area contributed by atoms with Gasteiger partial charge in [-0.05, 0) is 12.2 Å². The van der Waals surface area contributed by atoms with Gasteiger partial charge in [-0.25, -0.2) is 0 Å². The smallest absolute Gasteiger partial charge is 0.422 e. The lowest BCUT2D eigenvalue weighted by Crippen LogP contribution is -2.21. The Labute approximate surface area is 184 Å². The summed E-state index contributed by atoms with van der Waals surface area (Å²) in [4.78, 5) is 0. The minimum absolute atomic E-state index is 0.0185. The van der Waals surface area contributed by atoms with Crippen LogP contribution in [0.25, 0.3) is 0 Å². The third kappa shape index (κ3) is 8.96. The van der Waals surface area contributed by atoms with Crippen molar-refractivity contribution < 1.29 is 45.3 Å². The fourth-order valence-electron chi connectivity index (χ4n) is 2.31. The van der Waals surface area contributed by atoms with Crippen LogP contribution in [0.5, 0.6) is 23.0 Å². The molecular weight excluding hydrogens is 466 g/mol. The van der Waals surface area contributed by atoms with Crippen LogP contribution in [0.4, 0.5) is 37.7 Å². The average Bonchev–Trinajstić information content (AvgIpc) is 2.69. The lowest BCUT2D eigenvalue weighted by Gasteiger charge is -2.16. The Morgan fingerprint density at radius 3 is 1.38 bits per heavy atom. The monoisotopic (exact) mass is 484 g/mol. The van der Waals surface area contributed by atoms with Gasteiger partial charge >= 0.3 is 12.4 Å². The lowest BCUT2D eigenvalue weighted by molar-refractivity contribution is -0.153. The number of alkyl halides is 6. The molecule has 0 aromatic heterocycles. The first kappa shape index (κ1) is 25.2. The van der Waals surface area contributed by atoms with Crippen molar-refractivity contribution >= 4 is 28.7 Å². The molecule has 0 heterocycles. The van der Waals surface area contributed by atoms with Crippen LogP contribution in [-0.4, -0.2) is 44.9 Å². The number of rotatable bonds is 8. The zero-order valence-electron chi connectivity index (χ0n) is 16.7. The maximum absolute atomic E-state index is 12.5. The summed E-state index contributed by atoms with van der Waals surface area (Å²) in [6, 6.07) is 7.98. The van der Waals surface area contributed by atoms with E-state index in [4.69, 9.17) is 21.7 Å². The molecule has 0 saturated carbocycles.